The highest BCUT2D eigenvalue weighted by molar-refractivity contribution is 14.1. The van der Waals surface area contributed by atoms with Crippen molar-refractivity contribution in [2.45, 2.75) is 37.7 Å². The van der Waals surface area contributed by atoms with Crippen LogP contribution in [0.5, 0.6) is 5.88 Å². The largest absolute Gasteiger partial charge is 0.477 e. The van der Waals surface area contributed by atoms with Crippen molar-refractivity contribution in [3.05, 3.63) is 64.6 Å². The molecule has 1 aromatic heterocycles. The molecular weight excluding hydrogens is 647 g/mol. The normalized spacial score (nSPS) is 12.7. The second kappa shape index (κ2) is 15.8. The SMILES string of the molecule is CCOc1ncc(Cl)cc1C(=O)NCC(C)(C)CC(=O)N/C(C(=O)Nc1ccccc1)=C(\C[C@H](I)N(C)C)NC. The fourth-order valence-electron chi connectivity index (χ4n) is 3.60. The summed E-state index contributed by atoms with van der Waals surface area (Å²) in [4.78, 5) is 45.6. The number of para-hydroxylation sites is 1. The molecule has 0 bridgehead atoms. The molecule has 0 aliphatic rings. The van der Waals surface area contributed by atoms with Crippen molar-refractivity contribution < 1.29 is 19.1 Å². The molecule has 218 valence electrons. The van der Waals surface area contributed by atoms with Crippen molar-refractivity contribution in [3.8, 4) is 5.88 Å². The third kappa shape index (κ3) is 10.6. The van der Waals surface area contributed by atoms with Gasteiger partial charge < -0.3 is 26.0 Å². The number of anilines is 1. The van der Waals surface area contributed by atoms with E-state index < -0.39 is 17.2 Å². The van der Waals surface area contributed by atoms with Gasteiger partial charge in [-0.2, -0.15) is 0 Å². The number of nitrogens with one attached hydrogen (secondary N) is 4. The highest BCUT2D eigenvalue weighted by Gasteiger charge is 2.27. The Labute approximate surface area is 254 Å². The number of rotatable bonds is 14. The van der Waals surface area contributed by atoms with Crippen molar-refractivity contribution in [1.82, 2.24) is 25.8 Å². The quantitative estimate of drug-likeness (QED) is 0.102. The maximum Gasteiger partial charge on any atom is 0.273 e. The summed E-state index contributed by atoms with van der Waals surface area (Å²) < 4.78 is 5.52. The molecule has 2 rings (SSSR count). The van der Waals surface area contributed by atoms with Crippen LogP contribution in [0.4, 0.5) is 5.69 Å². The van der Waals surface area contributed by atoms with Crippen LogP contribution in [0, 0.1) is 5.41 Å². The number of hydrogen-bond acceptors (Lipinski definition) is 7. The summed E-state index contributed by atoms with van der Waals surface area (Å²) in [6.07, 6.45) is 1.95. The Kier molecular flexibility index (Phi) is 13.1. The third-order valence-corrected chi connectivity index (χ3v) is 7.53. The molecule has 0 saturated heterocycles. The van der Waals surface area contributed by atoms with Crippen LogP contribution >= 0.6 is 34.2 Å². The summed E-state index contributed by atoms with van der Waals surface area (Å²) in [7, 11) is 5.61. The fourth-order valence-corrected chi connectivity index (χ4v) is 4.20. The first-order valence-electron chi connectivity index (χ1n) is 12.8. The Morgan fingerprint density at radius 3 is 2.45 bits per heavy atom. The molecule has 2 aromatic rings. The molecule has 0 saturated carbocycles. The molecule has 0 spiro atoms. The topological polar surface area (TPSA) is 125 Å². The number of carbonyl (C=O) groups is 3. The molecule has 0 aliphatic heterocycles. The van der Waals surface area contributed by atoms with Gasteiger partial charge in [-0.25, -0.2) is 4.98 Å². The molecule has 3 amide bonds. The molecule has 1 heterocycles. The highest BCUT2D eigenvalue weighted by Crippen LogP contribution is 2.23. The van der Waals surface area contributed by atoms with Crippen molar-refractivity contribution in [1.29, 1.82) is 0 Å². The van der Waals surface area contributed by atoms with E-state index in [0.717, 1.165) is 0 Å². The van der Waals surface area contributed by atoms with E-state index >= 15 is 0 Å². The lowest BCUT2D eigenvalue weighted by molar-refractivity contribution is -0.124. The number of pyridine rings is 1. The van der Waals surface area contributed by atoms with Crippen LogP contribution in [0.15, 0.2) is 54.0 Å². The van der Waals surface area contributed by atoms with E-state index in [1.807, 2.05) is 51.0 Å². The van der Waals surface area contributed by atoms with Gasteiger partial charge in [0.1, 0.15) is 11.3 Å². The second-order valence-corrected chi connectivity index (χ2v) is 11.9. The fraction of sp³-hybridized carbons (Fsp3) is 0.429. The summed E-state index contributed by atoms with van der Waals surface area (Å²) in [5, 5.41) is 11.9. The minimum absolute atomic E-state index is 0.0415. The Morgan fingerprint density at radius 2 is 1.85 bits per heavy atom. The average Bonchev–Trinajstić information content (AvgIpc) is 2.90. The van der Waals surface area contributed by atoms with Gasteiger partial charge in [0.2, 0.25) is 11.8 Å². The van der Waals surface area contributed by atoms with Crippen molar-refractivity contribution in [2.75, 3.05) is 39.6 Å². The van der Waals surface area contributed by atoms with E-state index in [4.69, 9.17) is 16.3 Å². The lowest BCUT2D eigenvalue weighted by Gasteiger charge is -2.26. The lowest BCUT2D eigenvalue weighted by atomic mass is 9.88. The predicted molar refractivity (Wildman–Crippen MR) is 167 cm³/mol. The van der Waals surface area contributed by atoms with Crippen LogP contribution in [-0.2, 0) is 9.59 Å². The number of amides is 3. The minimum atomic E-state index is -0.645. The van der Waals surface area contributed by atoms with Crippen molar-refractivity contribution in [2.24, 2.45) is 5.41 Å². The maximum absolute atomic E-state index is 13.3. The molecule has 4 N–H and O–H groups in total. The zero-order chi connectivity index (χ0) is 29.9. The maximum atomic E-state index is 13.3. The van der Waals surface area contributed by atoms with Gasteiger partial charge in [-0.3, -0.25) is 19.3 Å². The van der Waals surface area contributed by atoms with Gasteiger partial charge in [-0.1, -0.05) is 66.2 Å². The first kappa shape index (κ1) is 33.3. The molecule has 10 nitrogen and oxygen atoms in total. The van der Waals surface area contributed by atoms with Crippen LogP contribution < -0.4 is 26.0 Å². The summed E-state index contributed by atoms with van der Waals surface area (Å²) in [5.74, 6) is -1.03. The van der Waals surface area contributed by atoms with E-state index in [1.165, 1.54) is 12.3 Å². The number of nitrogens with zero attached hydrogens (tertiary/aromatic N) is 2. The van der Waals surface area contributed by atoms with Gasteiger partial charge in [0.15, 0.2) is 0 Å². The summed E-state index contributed by atoms with van der Waals surface area (Å²) in [6.45, 7) is 6.03. The van der Waals surface area contributed by atoms with Crippen LogP contribution in [0.3, 0.4) is 0 Å². The molecule has 1 atom stereocenters. The van der Waals surface area contributed by atoms with Gasteiger partial charge in [-0.15, -0.1) is 0 Å². The predicted octanol–water partition coefficient (Wildman–Crippen LogP) is 4.18. The smallest absolute Gasteiger partial charge is 0.273 e. The van der Waals surface area contributed by atoms with Gasteiger partial charge in [0, 0.05) is 44.0 Å². The molecule has 1 aromatic carbocycles. The van der Waals surface area contributed by atoms with Crippen LogP contribution in [-0.4, -0.2) is 65.9 Å². The Hall–Kier alpha value is -2.90. The third-order valence-electron chi connectivity index (χ3n) is 5.77. The number of ether oxygens (including phenoxy) is 1. The van der Waals surface area contributed by atoms with E-state index in [1.54, 1.807) is 26.1 Å². The molecule has 0 radical (unpaired) electrons. The molecule has 0 aliphatic carbocycles. The zero-order valence-electron chi connectivity index (χ0n) is 23.7. The Morgan fingerprint density at radius 1 is 1.18 bits per heavy atom. The summed E-state index contributed by atoms with van der Waals surface area (Å²) in [6, 6.07) is 10.5. The van der Waals surface area contributed by atoms with Crippen LogP contribution in [0.2, 0.25) is 5.02 Å². The van der Waals surface area contributed by atoms with Crippen LogP contribution in [0.25, 0.3) is 0 Å². The first-order chi connectivity index (χ1) is 18.9. The lowest BCUT2D eigenvalue weighted by Crippen LogP contribution is -2.40. The van der Waals surface area contributed by atoms with E-state index in [0.29, 0.717) is 29.4 Å². The van der Waals surface area contributed by atoms with Crippen molar-refractivity contribution in [3.63, 3.8) is 0 Å². The highest BCUT2D eigenvalue weighted by atomic mass is 127. The molecule has 0 fully saturated rings. The van der Waals surface area contributed by atoms with Gasteiger partial charge in [0.25, 0.3) is 11.8 Å². The number of halogens is 2. The van der Waals surface area contributed by atoms with Gasteiger partial charge in [-0.05, 0) is 44.6 Å². The number of benzene rings is 1. The number of hydrogen-bond donors (Lipinski definition) is 4. The molecule has 12 heteroatoms. The standard InChI is InChI=1S/C28H38ClIN6O4/c1-7-40-27-20(13-18(29)16-32-27)25(38)33-17-28(2,3)15-23(37)35-24(21(31-4)14-22(30)36(5)6)26(39)34-19-11-9-8-10-12-19/h8-13,16,22,31H,7,14-15,17H2,1-6H3,(H,33,38)(H,34,39)(H,35,37)/b24-21+/t22-/m1/s1. The van der Waals surface area contributed by atoms with E-state index in [9.17, 15) is 14.4 Å². The second-order valence-electron chi connectivity index (χ2n) is 10.0. The Bertz CT molecular complexity index is 1210. The monoisotopic (exact) mass is 684 g/mol. The van der Waals surface area contributed by atoms with Crippen molar-refractivity contribution >= 4 is 57.6 Å². The number of carbonyl (C=O) groups excluding carboxylic acids is 3. The number of alkyl halides is 1. The zero-order valence-corrected chi connectivity index (χ0v) is 26.6. The Balaban J connectivity index is 2.18. The first-order valence-corrected chi connectivity index (χ1v) is 14.4. The molecular formula is C28H38ClIN6O4. The molecule has 40 heavy (non-hydrogen) atoms. The van der Waals surface area contributed by atoms with Gasteiger partial charge >= 0.3 is 0 Å². The number of aromatic nitrogens is 1. The van der Waals surface area contributed by atoms with Crippen LogP contribution in [0.1, 0.15) is 44.0 Å². The minimum Gasteiger partial charge on any atom is -0.477 e. The summed E-state index contributed by atoms with van der Waals surface area (Å²) in [5.41, 5.74) is 0.918. The summed E-state index contributed by atoms with van der Waals surface area (Å²) >= 11 is 8.32. The molecule has 0 unspecified atom stereocenters. The van der Waals surface area contributed by atoms with E-state index in [-0.39, 0.29) is 40.1 Å². The van der Waals surface area contributed by atoms with Gasteiger partial charge in [0.05, 0.1) is 15.7 Å². The average molecular weight is 685 g/mol. The van der Waals surface area contributed by atoms with E-state index in [2.05, 4.69) is 48.8 Å².